The lowest BCUT2D eigenvalue weighted by molar-refractivity contribution is -0.136. The van der Waals surface area contributed by atoms with Gasteiger partial charge in [-0.3, -0.25) is 9.29 Å². The van der Waals surface area contributed by atoms with E-state index in [0.29, 0.717) is 5.56 Å². The molecule has 0 aliphatic carbocycles. The van der Waals surface area contributed by atoms with Gasteiger partial charge in [-0.25, -0.2) is 8.42 Å². The third-order valence-corrected chi connectivity index (χ3v) is 6.60. The monoisotopic (exact) mass is 442 g/mol. The molecule has 0 spiro atoms. The number of anilines is 1. The highest BCUT2D eigenvalue weighted by Crippen LogP contribution is 2.38. The molecule has 31 heavy (non-hydrogen) atoms. The van der Waals surface area contributed by atoms with E-state index in [1.54, 1.807) is 48.5 Å². The number of alkyl halides is 3. The summed E-state index contributed by atoms with van der Waals surface area (Å²) in [5.74, 6) is 0. The van der Waals surface area contributed by atoms with Crippen LogP contribution in [-0.4, -0.2) is 13.4 Å². The van der Waals surface area contributed by atoms with Crippen molar-refractivity contribution in [1.29, 1.82) is 0 Å². The van der Waals surface area contributed by atoms with E-state index in [4.69, 9.17) is 0 Å². The first-order valence-electron chi connectivity index (χ1n) is 9.35. The lowest BCUT2D eigenvalue weighted by Gasteiger charge is -2.26. The molecular weight excluding hydrogens is 425 g/mol. The van der Waals surface area contributed by atoms with Crippen molar-refractivity contribution in [2.24, 2.45) is 0 Å². The molecule has 0 N–H and O–H groups in total. The molecule has 0 atom stereocenters. The molecule has 1 heterocycles. The number of nitrogens with zero attached hydrogens (tertiary/aromatic N) is 2. The Morgan fingerprint density at radius 2 is 1.45 bits per heavy atom. The molecule has 4 rings (SSSR count). The van der Waals surface area contributed by atoms with Gasteiger partial charge in [0.2, 0.25) is 0 Å². The number of pyridine rings is 1. The molecule has 1 aromatic heterocycles. The molecule has 4 aromatic rings. The van der Waals surface area contributed by atoms with E-state index in [1.807, 2.05) is 0 Å². The number of halogens is 3. The van der Waals surface area contributed by atoms with Crippen LogP contribution in [0.1, 0.15) is 11.1 Å². The summed E-state index contributed by atoms with van der Waals surface area (Å²) in [5, 5.41) is 0.104. The van der Waals surface area contributed by atoms with E-state index in [0.717, 1.165) is 10.4 Å². The molecule has 0 bridgehead atoms. The van der Waals surface area contributed by atoms with Gasteiger partial charge in [0.05, 0.1) is 28.2 Å². The molecule has 0 fully saturated rings. The Morgan fingerprint density at radius 3 is 2.10 bits per heavy atom. The molecule has 8 heteroatoms. The van der Waals surface area contributed by atoms with Crippen LogP contribution in [-0.2, 0) is 22.7 Å². The minimum Gasteiger partial charge on any atom is -0.261 e. The minimum atomic E-state index is -4.62. The fourth-order valence-electron chi connectivity index (χ4n) is 3.38. The molecule has 4 nitrogen and oxygen atoms in total. The second-order valence-corrected chi connectivity index (χ2v) is 8.70. The van der Waals surface area contributed by atoms with Gasteiger partial charge in [-0.2, -0.15) is 13.2 Å². The van der Waals surface area contributed by atoms with Crippen molar-refractivity contribution in [3.8, 4) is 0 Å². The highest BCUT2D eigenvalue weighted by Gasteiger charge is 2.34. The molecule has 158 valence electrons. The molecule has 0 saturated heterocycles. The summed E-state index contributed by atoms with van der Waals surface area (Å²) in [6.07, 6.45) is -3.42. The number of benzene rings is 3. The normalized spacial score (nSPS) is 12.1. The number of hydrogen-bond donors (Lipinski definition) is 0. The third kappa shape index (κ3) is 4.11. The topological polar surface area (TPSA) is 50.3 Å². The van der Waals surface area contributed by atoms with Crippen molar-refractivity contribution in [2.75, 3.05) is 4.31 Å². The third-order valence-electron chi connectivity index (χ3n) is 4.82. The van der Waals surface area contributed by atoms with Crippen LogP contribution in [0.15, 0.2) is 96.0 Å². The van der Waals surface area contributed by atoms with Gasteiger partial charge in [0.1, 0.15) is 0 Å². The van der Waals surface area contributed by atoms with Crippen LogP contribution < -0.4 is 4.31 Å². The summed E-state index contributed by atoms with van der Waals surface area (Å²) in [6, 6.07) is 21.7. The van der Waals surface area contributed by atoms with Crippen LogP contribution in [0, 0.1) is 0 Å². The molecule has 3 aromatic carbocycles. The molecular formula is C23H17F3N2O2S. The van der Waals surface area contributed by atoms with Crippen LogP contribution in [0.3, 0.4) is 0 Å². The summed E-state index contributed by atoms with van der Waals surface area (Å²) in [7, 11) is -4.07. The van der Waals surface area contributed by atoms with Crippen molar-refractivity contribution in [3.63, 3.8) is 0 Å². The maximum Gasteiger partial charge on any atom is 0.418 e. The summed E-state index contributed by atoms with van der Waals surface area (Å²) in [6.45, 7) is -0.0482. The predicted molar refractivity (Wildman–Crippen MR) is 113 cm³/mol. The fourth-order valence-corrected chi connectivity index (χ4v) is 4.87. The van der Waals surface area contributed by atoms with Crippen LogP contribution >= 0.6 is 0 Å². The molecule has 0 unspecified atom stereocenters. The first-order chi connectivity index (χ1) is 14.8. The summed E-state index contributed by atoms with van der Waals surface area (Å²) >= 11 is 0. The van der Waals surface area contributed by atoms with E-state index in [1.165, 1.54) is 36.5 Å². The highest BCUT2D eigenvalue weighted by molar-refractivity contribution is 7.92. The van der Waals surface area contributed by atoms with Crippen molar-refractivity contribution in [1.82, 2.24) is 4.98 Å². The average Bonchev–Trinajstić information content (AvgIpc) is 2.77. The maximum absolute atomic E-state index is 13.5. The van der Waals surface area contributed by atoms with Crippen LogP contribution in [0.4, 0.5) is 18.9 Å². The summed E-state index contributed by atoms with van der Waals surface area (Å²) in [4.78, 5) is 3.96. The van der Waals surface area contributed by atoms with Gasteiger partial charge in [0.15, 0.2) is 0 Å². The van der Waals surface area contributed by atoms with E-state index < -0.39 is 21.8 Å². The van der Waals surface area contributed by atoms with Crippen LogP contribution in [0.2, 0.25) is 0 Å². The van der Waals surface area contributed by atoms with E-state index in [2.05, 4.69) is 4.98 Å². The zero-order valence-electron chi connectivity index (χ0n) is 16.1. The number of sulfonamides is 1. The van der Waals surface area contributed by atoms with Crippen molar-refractivity contribution in [2.45, 2.75) is 17.6 Å². The smallest absolute Gasteiger partial charge is 0.261 e. The lowest BCUT2D eigenvalue weighted by atomic mass is 10.1. The quantitative estimate of drug-likeness (QED) is 0.401. The zero-order chi connectivity index (χ0) is 22.1. The molecule has 0 aliphatic rings. The average molecular weight is 442 g/mol. The standard InChI is InChI=1S/C23H17F3N2O2S/c24-23(25,26)20-13-7-12-19-21(14-15-27-22(19)20)28(16-17-8-3-1-4-9-17)31(29,30)18-10-5-2-6-11-18/h1-15H,16H2. The Balaban J connectivity index is 1.95. The summed E-state index contributed by atoms with van der Waals surface area (Å²) in [5.41, 5.74) is -0.389. The Morgan fingerprint density at radius 1 is 0.806 bits per heavy atom. The molecule has 0 saturated carbocycles. The largest absolute Gasteiger partial charge is 0.418 e. The van der Waals surface area contributed by atoms with Crippen LogP contribution in [0.5, 0.6) is 0 Å². The maximum atomic E-state index is 13.5. The number of aromatic nitrogens is 1. The lowest BCUT2D eigenvalue weighted by Crippen LogP contribution is -2.31. The Kier molecular flexibility index (Phi) is 5.41. The molecule has 0 amide bonds. The van der Waals surface area contributed by atoms with Gasteiger partial charge in [-0.1, -0.05) is 60.7 Å². The fraction of sp³-hybridized carbons (Fsp3) is 0.0870. The second-order valence-electron chi connectivity index (χ2n) is 6.84. The predicted octanol–water partition coefficient (Wildman–Crippen LogP) is 5.65. The first-order valence-corrected chi connectivity index (χ1v) is 10.8. The zero-order valence-corrected chi connectivity index (χ0v) is 16.9. The number of rotatable bonds is 5. The van der Waals surface area contributed by atoms with E-state index >= 15 is 0 Å². The van der Waals surface area contributed by atoms with Crippen molar-refractivity contribution in [3.05, 3.63) is 102 Å². The number of fused-ring (bicyclic) bond motifs is 1. The first kappa shape index (κ1) is 20.9. The molecule has 0 aliphatic heterocycles. The Labute approximate surface area is 177 Å². The Hall–Kier alpha value is -3.39. The van der Waals surface area contributed by atoms with Gasteiger partial charge in [0.25, 0.3) is 10.0 Å². The minimum absolute atomic E-state index is 0.0443. The van der Waals surface area contributed by atoms with Gasteiger partial charge in [-0.15, -0.1) is 0 Å². The molecule has 0 radical (unpaired) electrons. The van der Waals surface area contributed by atoms with Crippen LogP contribution in [0.25, 0.3) is 10.9 Å². The Bertz CT molecular complexity index is 1310. The summed E-state index contributed by atoms with van der Waals surface area (Å²) < 4.78 is 68.8. The van der Waals surface area contributed by atoms with E-state index in [-0.39, 0.29) is 28.0 Å². The number of para-hydroxylation sites is 1. The second kappa shape index (κ2) is 8.03. The van der Waals surface area contributed by atoms with Gasteiger partial charge >= 0.3 is 6.18 Å². The number of hydrogen-bond acceptors (Lipinski definition) is 3. The van der Waals surface area contributed by atoms with Crippen molar-refractivity contribution >= 4 is 26.6 Å². The van der Waals surface area contributed by atoms with Crippen molar-refractivity contribution < 1.29 is 21.6 Å². The van der Waals surface area contributed by atoms with Gasteiger partial charge in [-0.05, 0) is 29.8 Å². The highest BCUT2D eigenvalue weighted by atomic mass is 32.2. The SMILES string of the molecule is O=S(=O)(c1ccccc1)N(Cc1ccccc1)c1ccnc2c(C(F)(F)F)cccc12. The van der Waals surface area contributed by atoms with Gasteiger partial charge < -0.3 is 0 Å². The van der Waals surface area contributed by atoms with Gasteiger partial charge in [0, 0.05) is 11.6 Å². The van der Waals surface area contributed by atoms with E-state index in [9.17, 15) is 21.6 Å².